The number of rotatable bonds is 4. The second-order valence-corrected chi connectivity index (χ2v) is 7.81. The monoisotopic (exact) mass is 400 g/mol. The lowest BCUT2D eigenvalue weighted by Crippen LogP contribution is -2.55. The number of hydrogen-bond acceptors (Lipinski definition) is 4. The molecule has 1 aliphatic heterocycles. The molecular weight excluding hydrogens is 373 g/mol. The van der Waals surface area contributed by atoms with Crippen molar-refractivity contribution in [3.05, 3.63) is 42.5 Å². The number of nitrogens with zero attached hydrogens (tertiary/aromatic N) is 2. The van der Waals surface area contributed by atoms with E-state index in [0.717, 1.165) is 5.56 Å². The van der Waals surface area contributed by atoms with Gasteiger partial charge in [0.15, 0.2) is 0 Å². The Bertz CT molecular complexity index is 683. The molecule has 1 amide bonds. The van der Waals surface area contributed by atoms with Gasteiger partial charge in [-0.25, -0.2) is 4.79 Å². The molecule has 0 N–H and O–H groups in total. The van der Waals surface area contributed by atoms with Crippen LogP contribution in [0.5, 0.6) is 5.75 Å². The molecule has 0 bridgehead atoms. The van der Waals surface area contributed by atoms with Crippen LogP contribution in [-0.4, -0.2) is 53.5 Å². The third-order valence-electron chi connectivity index (χ3n) is 4.37. The highest BCUT2D eigenvalue weighted by Gasteiger charge is 2.33. The third-order valence-corrected chi connectivity index (χ3v) is 4.37. The topological polar surface area (TPSA) is 42.0 Å². The lowest BCUT2D eigenvalue weighted by Gasteiger charge is -2.43. The van der Waals surface area contributed by atoms with Crippen molar-refractivity contribution in [2.45, 2.75) is 51.7 Å². The fourth-order valence-corrected chi connectivity index (χ4v) is 3.21. The molecule has 2 rings (SSSR count). The number of carbonyl (C=O) groups is 1. The average Bonchev–Trinajstić information content (AvgIpc) is 2.55. The van der Waals surface area contributed by atoms with Crippen molar-refractivity contribution < 1.29 is 27.4 Å². The molecule has 1 heterocycles. The first kappa shape index (κ1) is 22.1. The maximum absolute atomic E-state index is 12.3. The molecule has 0 saturated carbocycles. The van der Waals surface area contributed by atoms with Crippen molar-refractivity contribution in [3.63, 3.8) is 0 Å². The summed E-state index contributed by atoms with van der Waals surface area (Å²) in [7, 11) is 0. The van der Waals surface area contributed by atoms with Crippen molar-refractivity contribution in [1.29, 1.82) is 0 Å². The van der Waals surface area contributed by atoms with E-state index in [2.05, 4.69) is 16.2 Å². The molecule has 1 fully saturated rings. The van der Waals surface area contributed by atoms with E-state index in [1.165, 1.54) is 12.1 Å². The number of ether oxygens (including phenoxy) is 2. The number of alkyl halides is 3. The minimum atomic E-state index is -4.72. The van der Waals surface area contributed by atoms with Crippen LogP contribution in [0.3, 0.4) is 0 Å². The molecular formula is C20H27F3N2O3. The highest BCUT2D eigenvalue weighted by Crippen LogP contribution is 2.30. The summed E-state index contributed by atoms with van der Waals surface area (Å²) in [6.45, 7) is 12.9. The van der Waals surface area contributed by atoms with Gasteiger partial charge < -0.3 is 14.4 Å². The Hall–Kier alpha value is -2.22. The Morgan fingerprint density at radius 3 is 2.29 bits per heavy atom. The average molecular weight is 400 g/mol. The van der Waals surface area contributed by atoms with Gasteiger partial charge >= 0.3 is 12.5 Å². The van der Waals surface area contributed by atoms with Gasteiger partial charge in [-0.15, -0.1) is 19.8 Å². The summed E-state index contributed by atoms with van der Waals surface area (Å²) in [5.41, 5.74) is 0.253. The molecule has 2 atom stereocenters. The van der Waals surface area contributed by atoms with Crippen molar-refractivity contribution in [2.75, 3.05) is 19.6 Å². The quantitative estimate of drug-likeness (QED) is 0.684. The Morgan fingerprint density at radius 1 is 1.21 bits per heavy atom. The predicted molar refractivity (Wildman–Crippen MR) is 100 cm³/mol. The van der Waals surface area contributed by atoms with E-state index in [0.29, 0.717) is 19.6 Å². The van der Waals surface area contributed by atoms with Gasteiger partial charge in [-0.05, 0) is 45.4 Å². The summed E-state index contributed by atoms with van der Waals surface area (Å²) in [6.07, 6.45) is -3.31. The maximum Gasteiger partial charge on any atom is 0.573 e. The predicted octanol–water partition coefficient (Wildman–Crippen LogP) is 4.75. The zero-order valence-electron chi connectivity index (χ0n) is 16.6. The molecule has 1 saturated heterocycles. The summed E-state index contributed by atoms with van der Waals surface area (Å²) >= 11 is 0. The van der Waals surface area contributed by atoms with Gasteiger partial charge in [0.1, 0.15) is 11.4 Å². The van der Waals surface area contributed by atoms with E-state index in [1.54, 1.807) is 23.1 Å². The summed E-state index contributed by atoms with van der Waals surface area (Å²) < 4.78 is 46.3. The zero-order valence-corrected chi connectivity index (χ0v) is 16.6. The smallest absolute Gasteiger partial charge is 0.444 e. The highest BCUT2D eigenvalue weighted by molar-refractivity contribution is 5.68. The fourth-order valence-electron chi connectivity index (χ4n) is 3.21. The molecule has 0 aliphatic carbocycles. The van der Waals surface area contributed by atoms with Crippen LogP contribution in [0.1, 0.15) is 39.3 Å². The standard InChI is InChI=1S/C20H27F3N2O3/c1-6-17(15-7-9-16(10-8-15)27-20(21,22)23)25-12-11-24(13-14(25)2)18(26)28-19(3,4)5/h6-10,14,17H,1,11-13H2,2-5H3/t14-,17-/m0/s1. The molecule has 0 unspecified atom stereocenters. The first-order valence-electron chi connectivity index (χ1n) is 9.11. The number of benzene rings is 1. The minimum Gasteiger partial charge on any atom is -0.444 e. The largest absolute Gasteiger partial charge is 0.573 e. The molecule has 0 aromatic heterocycles. The second kappa shape index (κ2) is 8.43. The summed E-state index contributed by atoms with van der Waals surface area (Å²) in [5, 5.41) is 0. The van der Waals surface area contributed by atoms with Crippen LogP contribution in [0.15, 0.2) is 36.9 Å². The van der Waals surface area contributed by atoms with E-state index < -0.39 is 12.0 Å². The molecule has 1 aromatic carbocycles. The first-order valence-corrected chi connectivity index (χ1v) is 9.11. The lowest BCUT2D eigenvalue weighted by atomic mass is 10.0. The summed E-state index contributed by atoms with van der Waals surface area (Å²) in [4.78, 5) is 16.1. The van der Waals surface area contributed by atoms with Crippen LogP contribution < -0.4 is 4.74 Å². The molecule has 0 spiro atoms. The van der Waals surface area contributed by atoms with Gasteiger partial charge in [0, 0.05) is 25.7 Å². The van der Waals surface area contributed by atoms with Crippen molar-refractivity contribution >= 4 is 6.09 Å². The normalized spacial score (nSPS) is 19.8. The molecule has 8 heteroatoms. The van der Waals surface area contributed by atoms with Crippen LogP contribution >= 0.6 is 0 Å². The van der Waals surface area contributed by atoms with Gasteiger partial charge in [0.05, 0.1) is 6.04 Å². The molecule has 1 aliphatic rings. The van der Waals surface area contributed by atoms with E-state index >= 15 is 0 Å². The van der Waals surface area contributed by atoms with E-state index in [1.807, 2.05) is 27.7 Å². The van der Waals surface area contributed by atoms with E-state index in [4.69, 9.17) is 4.74 Å². The maximum atomic E-state index is 12.3. The minimum absolute atomic E-state index is 0.0235. The van der Waals surface area contributed by atoms with Gasteiger partial charge in [0.2, 0.25) is 0 Å². The van der Waals surface area contributed by atoms with Crippen LogP contribution in [0.25, 0.3) is 0 Å². The van der Waals surface area contributed by atoms with Gasteiger partial charge in [-0.1, -0.05) is 18.2 Å². The number of halogens is 3. The van der Waals surface area contributed by atoms with Crippen molar-refractivity contribution in [1.82, 2.24) is 9.80 Å². The number of amides is 1. The second-order valence-electron chi connectivity index (χ2n) is 7.81. The van der Waals surface area contributed by atoms with Crippen molar-refractivity contribution in [2.24, 2.45) is 0 Å². The van der Waals surface area contributed by atoms with Crippen molar-refractivity contribution in [3.8, 4) is 5.75 Å². The number of piperazine rings is 1. The third kappa shape index (κ3) is 6.15. The van der Waals surface area contributed by atoms with Crippen LogP contribution in [0.2, 0.25) is 0 Å². The van der Waals surface area contributed by atoms with Gasteiger partial charge in [-0.3, -0.25) is 4.90 Å². The Labute approximate surface area is 163 Å². The highest BCUT2D eigenvalue weighted by atomic mass is 19.4. The van der Waals surface area contributed by atoms with Gasteiger partial charge in [0.25, 0.3) is 0 Å². The van der Waals surface area contributed by atoms with Crippen LogP contribution in [-0.2, 0) is 4.74 Å². The summed E-state index contributed by atoms with van der Waals surface area (Å²) in [5.74, 6) is -0.262. The Morgan fingerprint density at radius 2 is 1.82 bits per heavy atom. The summed E-state index contributed by atoms with van der Waals surface area (Å²) in [6, 6.07) is 5.62. The number of hydrogen-bond donors (Lipinski definition) is 0. The molecule has 5 nitrogen and oxygen atoms in total. The fraction of sp³-hybridized carbons (Fsp3) is 0.550. The Balaban J connectivity index is 2.05. The van der Waals surface area contributed by atoms with E-state index in [-0.39, 0.29) is 23.9 Å². The molecule has 156 valence electrons. The first-order chi connectivity index (χ1) is 12.9. The van der Waals surface area contributed by atoms with Crippen LogP contribution in [0.4, 0.5) is 18.0 Å². The van der Waals surface area contributed by atoms with Gasteiger partial charge in [-0.2, -0.15) is 0 Å². The number of carbonyl (C=O) groups excluding carboxylic acids is 1. The van der Waals surface area contributed by atoms with Crippen LogP contribution in [0, 0.1) is 0 Å². The molecule has 1 aromatic rings. The zero-order chi connectivity index (χ0) is 21.1. The van der Waals surface area contributed by atoms with E-state index in [9.17, 15) is 18.0 Å². The Kier molecular flexibility index (Phi) is 6.64. The molecule has 0 radical (unpaired) electrons. The molecule has 28 heavy (non-hydrogen) atoms. The lowest BCUT2D eigenvalue weighted by molar-refractivity contribution is -0.274. The SMILES string of the molecule is C=C[C@@H](c1ccc(OC(F)(F)F)cc1)N1CCN(C(=O)OC(C)(C)C)C[C@@H]1C.